The molecule has 1 saturated heterocycles. The first-order valence-electron chi connectivity index (χ1n) is 8.66. The molecule has 0 spiro atoms. The first kappa shape index (κ1) is 19.4. The van der Waals surface area contributed by atoms with Gasteiger partial charge in [-0.3, -0.25) is 4.79 Å². The minimum absolute atomic E-state index is 0.0555. The van der Waals surface area contributed by atoms with E-state index in [1.165, 1.54) is 22.4 Å². The second kappa shape index (κ2) is 7.32. The summed E-state index contributed by atoms with van der Waals surface area (Å²) < 4.78 is 34.7. The topological polar surface area (TPSA) is 84.7 Å². The molecule has 1 aliphatic rings. The van der Waals surface area contributed by atoms with E-state index in [0.717, 1.165) is 0 Å². The highest BCUT2D eigenvalue weighted by molar-refractivity contribution is 7.89. The number of benzene rings is 1. The zero-order chi connectivity index (χ0) is 19.7. The second-order valence-electron chi connectivity index (χ2n) is 6.82. The summed E-state index contributed by atoms with van der Waals surface area (Å²) in [5.74, 6) is 0.323. The summed E-state index contributed by atoms with van der Waals surface area (Å²) in [5.41, 5.74) is -1.01. The molecule has 3 rings (SSSR count). The van der Waals surface area contributed by atoms with E-state index in [0.29, 0.717) is 25.1 Å². The van der Waals surface area contributed by atoms with Crippen molar-refractivity contribution in [2.45, 2.75) is 23.3 Å². The van der Waals surface area contributed by atoms with Gasteiger partial charge in [-0.15, -0.1) is 0 Å². The van der Waals surface area contributed by atoms with E-state index >= 15 is 0 Å². The Labute approximate surface area is 159 Å². The van der Waals surface area contributed by atoms with Gasteiger partial charge in [0.25, 0.3) is 0 Å². The first-order valence-corrected chi connectivity index (χ1v) is 10.1. The van der Waals surface area contributed by atoms with Crippen molar-refractivity contribution in [2.24, 2.45) is 0 Å². The molecule has 8 nitrogen and oxygen atoms in total. The minimum Gasteiger partial charge on any atom is -0.497 e. The zero-order valence-corrected chi connectivity index (χ0v) is 16.5. The molecular formula is C18H24N4O4S. The Kier molecular flexibility index (Phi) is 5.25. The largest absolute Gasteiger partial charge is 0.497 e. The number of hydrogen-bond acceptors (Lipinski definition) is 5. The molecule has 146 valence electrons. The molecule has 27 heavy (non-hydrogen) atoms. The predicted molar refractivity (Wildman–Crippen MR) is 99.9 cm³/mol. The molecular weight excluding hydrogens is 368 g/mol. The molecule has 1 fully saturated rings. The number of carbonyl (C=O) groups excluding carboxylic acids is 1. The first-order chi connectivity index (χ1) is 12.8. The third kappa shape index (κ3) is 3.44. The molecule has 2 aromatic rings. The van der Waals surface area contributed by atoms with Crippen LogP contribution in [0.25, 0.3) is 0 Å². The Morgan fingerprint density at radius 2 is 2.11 bits per heavy atom. The Hall–Kier alpha value is -2.39. The van der Waals surface area contributed by atoms with Crippen LogP contribution in [0.15, 0.2) is 47.9 Å². The average Bonchev–Trinajstić information content (AvgIpc) is 3.22. The van der Waals surface area contributed by atoms with E-state index in [9.17, 15) is 13.2 Å². The van der Waals surface area contributed by atoms with Crippen molar-refractivity contribution in [2.75, 3.05) is 34.3 Å². The van der Waals surface area contributed by atoms with Gasteiger partial charge in [0.1, 0.15) is 11.3 Å². The molecule has 1 atom stereocenters. The number of piperidine rings is 1. The van der Waals surface area contributed by atoms with E-state index in [-0.39, 0.29) is 17.3 Å². The highest BCUT2D eigenvalue weighted by Gasteiger charge is 2.47. The average molecular weight is 392 g/mol. The van der Waals surface area contributed by atoms with Gasteiger partial charge in [0.05, 0.1) is 18.3 Å². The Morgan fingerprint density at radius 3 is 2.74 bits per heavy atom. The normalized spacial score (nSPS) is 21.0. The molecule has 0 N–H and O–H groups in total. The minimum atomic E-state index is -3.77. The van der Waals surface area contributed by atoms with Crippen LogP contribution < -0.4 is 4.74 Å². The summed E-state index contributed by atoms with van der Waals surface area (Å²) in [7, 11) is 1.08. The third-order valence-corrected chi connectivity index (χ3v) is 6.76. The number of aromatic nitrogens is 2. The molecule has 0 aliphatic carbocycles. The second-order valence-corrected chi connectivity index (χ2v) is 8.76. The molecule has 9 heteroatoms. The van der Waals surface area contributed by atoms with Crippen LogP contribution in [-0.2, 0) is 20.4 Å². The number of carbonyl (C=O) groups is 1. The molecule has 1 aromatic heterocycles. The molecule has 0 saturated carbocycles. The van der Waals surface area contributed by atoms with Crippen LogP contribution in [0.4, 0.5) is 0 Å². The summed E-state index contributed by atoms with van der Waals surface area (Å²) in [4.78, 5) is 18.8. The summed E-state index contributed by atoms with van der Waals surface area (Å²) in [5, 5.41) is 0. The number of ether oxygens (including phenoxy) is 1. The number of hydrogen-bond donors (Lipinski definition) is 0. The molecule has 2 heterocycles. The summed E-state index contributed by atoms with van der Waals surface area (Å²) in [6.07, 6.45) is 6.00. The van der Waals surface area contributed by atoms with Crippen LogP contribution in [0.3, 0.4) is 0 Å². The van der Waals surface area contributed by atoms with Crippen LogP contribution in [0.1, 0.15) is 12.8 Å². The number of rotatable bonds is 5. The van der Waals surface area contributed by atoms with Crippen molar-refractivity contribution in [1.29, 1.82) is 0 Å². The number of sulfonamides is 1. The van der Waals surface area contributed by atoms with Crippen molar-refractivity contribution in [3.05, 3.63) is 43.0 Å². The van der Waals surface area contributed by atoms with Crippen LogP contribution in [0.2, 0.25) is 0 Å². The standard InChI is InChI=1S/C18H24N4O4S/c1-20(2)17(23)18(21-11-9-19-14-21)8-5-10-22(13-18)27(24,25)16-7-4-6-15(12-16)26-3/h4,6-7,9,11-12,14H,5,8,10,13H2,1-3H3. The lowest BCUT2D eigenvalue weighted by Crippen LogP contribution is -2.58. The lowest BCUT2D eigenvalue weighted by Gasteiger charge is -2.42. The highest BCUT2D eigenvalue weighted by Crippen LogP contribution is 2.34. The maximum atomic E-state index is 13.2. The van der Waals surface area contributed by atoms with E-state index in [1.807, 2.05) is 0 Å². The van der Waals surface area contributed by atoms with Gasteiger partial charge in [-0.1, -0.05) is 6.07 Å². The summed E-state index contributed by atoms with van der Waals surface area (Å²) in [6, 6.07) is 6.38. The van der Waals surface area contributed by atoms with Gasteiger partial charge in [0.2, 0.25) is 15.9 Å². The van der Waals surface area contributed by atoms with Crippen molar-refractivity contribution in [3.63, 3.8) is 0 Å². The smallest absolute Gasteiger partial charge is 0.249 e. The quantitative estimate of drug-likeness (QED) is 0.762. The van der Waals surface area contributed by atoms with Crippen molar-refractivity contribution in [3.8, 4) is 5.75 Å². The van der Waals surface area contributed by atoms with Crippen LogP contribution >= 0.6 is 0 Å². The summed E-state index contributed by atoms with van der Waals surface area (Å²) >= 11 is 0. The molecule has 1 aromatic carbocycles. The fourth-order valence-electron chi connectivity index (χ4n) is 3.54. The van der Waals surface area contributed by atoms with E-state index in [2.05, 4.69) is 4.98 Å². The highest BCUT2D eigenvalue weighted by atomic mass is 32.2. The number of likely N-dealkylation sites (N-methyl/N-ethyl adjacent to an activating group) is 1. The fourth-order valence-corrected chi connectivity index (χ4v) is 5.10. The van der Waals surface area contributed by atoms with Crippen LogP contribution in [0, 0.1) is 0 Å². The molecule has 0 bridgehead atoms. The SMILES string of the molecule is COc1cccc(S(=O)(=O)N2CCCC(C(=O)N(C)C)(n3ccnc3)C2)c1. The van der Waals surface area contributed by atoms with Gasteiger partial charge < -0.3 is 14.2 Å². The molecule has 1 unspecified atom stereocenters. The lowest BCUT2D eigenvalue weighted by molar-refractivity contribution is -0.140. The van der Waals surface area contributed by atoms with Gasteiger partial charge in [-0.2, -0.15) is 4.31 Å². The maximum absolute atomic E-state index is 13.2. The van der Waals surface area contributed by atoms with Crippen molar-refractivity contribution >= 4 is 15.9 Å². The zero-order valence-electron chi connectivity index (χ0n) is 15.7. The number of nitrogens with zero attached hydrogens (tertiary/aromatic N) is 4. The van der Waals surface area contributed by atoms with E-state index in [4.69, 9.17) is 4.74 Å². The van der Waals surface area contributed by atoms with Gasteiger partial charge in [0.15, 0.2) is 0 Å². The lowest BCUT2D eigenvalue weighted by atomic mass is 9.88. The van der Waals surface area contributed by atoms with Gasteiger partial charge in [-0.05, 0) is 25.0 Å². The van der Waals surface area contributed by atoms with E-state index in [1.54, 1.807) is 55.6 Å². The molecule has 0 radical (unpaired) electrons. The Bertz CT molecular complexity index is 911. The monoisotopic (exact) mass is 392 g/mol. The predicted octanol–water partition coefficient (Wildman–Crippen LogP) is 1.16. The number of imidazole rings is 1. The van der Waals surface area contributed by atoms with Crippen LogP contribution in [-0.4, -0.2) is 67.4 Å². The third-order valence-electron chi connectivity index (χ3n) is 4.92. The number of methoxy groups -OCH3 is 1. The van der Waals surface area contributed by atoms with Crippen molar-refractivity contribution < 1.29 is 17.9 Å². The van der Waals surface area contributed by atoms with Gasteiger partial charge >= 0.3 is 0 Å². The molecule has 1 aliphatic heterocycles. The van der Waals surface area contributed by atoms with E-state index < -0.39 is 15.6 Å². The molecule has 1 amide bonds. The van der Waals surface area contributed by atoms with Crippen LogP contribution in [0.5, 0.6) is 5.75 Å². The van der Waals surface area contributed by atoms with Gasteiger partial charge in [-0.25, -0.2) is 13.4 Å². The maximum Gasteiger partial charge on any atom is 0.249 e. The van der Waals surface area contributed by atoms with Gasteiger partial charge in [0, 0.05) is 45.6 Å². The fraction of sp³-hybridized carbons (Fsp3) is 0.444. The number of amides is 1. The van der Waals surface area contributed by atoms with Crippen molar-refractivity contribution in [1.82, 2.24) is 18.8 Å². The summed E-state index contributed by atoms with van der Waals surface area (Å²) in [6.45, 7) is 0.413. The Morgan fingerprint density at radius 1 is 1.33 bits per heavy atom. The Balaban J connectivity index is 2.01.